The molecule has 0 fully saturated rings. The van der Waals surface area contributed by atoms with Gasteiger partial charge in [0.15, 0.2) is 6.29 Å². The van der Waals surface area contributed by atoms with Gasteiger partial charge in [-0.3, -0.25) is 9.78 Å². The van der Waals surface area contributed by atoms with Gasteiger partial charge in [-0.05, 0) is 6.07 Å². The number of nitrogen functional groups attached to an aromatic ring is 1. The van der Waals surface area contributed by atoms with Crippen LogP contribution in [0.25, 0.3) is 11.3 Å². The van der Waals surface area contributed by atoms with E-state index in [-0.39, 0.29) is 0 Å². The van der Waals surface area contributed by atoms with Crippen LogP contribution in [-0.4, -0.2) is 11.3 Å². The van der Waals surface area contributed by atoms with Crippen molar-refractivity contribution in [1.29, 1.82) is 0 Å². The van der Waals surface area contributed by atoms with Crippen molar-refractivity contribution >= 4 is 12.0 Å². The Bertz CT molecular complexity index is 480. The third kappa shape index (κ3) is 1.72. The van der Waals surface area contributed by atoms with Gasteiger partial charge in [-0.1, -0.05) is 30.3 Å². The highest BCUT2D eigenvalue weighted by atomic mass is 16.1. The highest BCUT2D eigenvalue weighted by Gasteiger charge is 2.07. The molecular weight excluding hydrogens is 188 g/mol. The predicted molar refractivity (Wildman–Crippen MR) is 59.5 cm³/mol. The molecule has 2 aromatic rings. The fourth-order valence-electron chi connectivity index (χ4n) is 1.44. The van der Waals surface area contributed by atoms with E-state index in [1.165, 1.54) is 0 Å². The maximum Gasteiger partial charge on any atom is 0.154 e. The minimum Gasteiger partial charge on any atom is -0.398 e. The zero-order valence-electron chi connectivity index (χ0n) is 8.05. The number of anilines is 1. The summed E-state index contributed by atoms with van der Waals surface area (Å²) in [6.45, 7) is 0. The van der Waals surface area contributed by atoms with Crippen molar-refractivity contribution in [2.75, 3.05) is 5.73 Å². The van der Waals surface area contributed by atoms with Crippen LogP contribution in [0.1, 0.15) is 10.4 Å². The number of hydrogen-bond acceptors (Lipinski definition) is 3. The van der Waals surface area contributed by atoms with Gasteiger partial charge >= 0.3 is 0 Å². The van der Waals surface area contributed by atoms with Crippen LogP contribution in [0, 0.1) is 0 Å². The molecule has 74 valence electrons. The lowest BCUT2D eigenvalue weighted by Crippen LogP contribution is -1.97. The maximum atomic E-state index is 10.9. The van der Waals surface area contributed by atoms with Crippen molar-refractivity contribution in [3.8, 4) is 11.3 Å². The van der Waals surface area contributed by atoms with Gasteiger partial charge in [-0.15, -0.1) is 0 Å². The van der Waals surface area contributed by atoms with Crippen LogP contribution in [0.2, 0.25) is 0 Å². The Labute approximate surface area is 87.6 Å². The number of rotatable bonds is 2. The summed E-state index contributed by atoms with van der Waals surface area (Å²) in [4.78, 5) is 15.1. The molecule has 0 radical (unpaired) electrons. The second kappa shape index (κ2) is 3.92. The molecule has 0 atom stereocenters. The molecule has 0 aliphatic carbocycles. The molecule has 1 aromatic heterocycles. The lowest BCUT2D eigenvalue weighted by Gasteiger charge is -2.05. The van der Waals surface area contributed by atoms with E-state index in [1.807, 2.05) is 30.3 Å². The number of carbonyl (C=O) groups is 1. The average molecular weight is 198 g/mol. The first-order valence-electron chi connectivity index (χ1n) is 4.58. The molecule has 3 nitrogen and oxygen atoms in total. The number of pyridine rings is 1. The second-order valence-corrected chi connectivity index (χ2v) is 3.15. The molecular formula is C12H10N2O. The van der Waals surface area contributed by atoms with Crippen LogP contribution in [0.15, 0.2) is 42.6 Å². The molecule has 0 amide bonds. The van der Waals surface area contributed by atoms with Gasteiger partial charge in [-0.2, -0.15) is 0 Å². The standard InChI is InChI=1S/C12H10N2O/c13-11-6-7-14-12(10(11)8-15)9-4-2-1-3-5-9/h1-8H,(H2,13,14). The van der Waals surface area contributed by atoms with Crippen LogP contribution in [0.4, 0.5) is 5.69 Å². The van der Waals surface area contributed by atoms with Gasteiger partial charge in [0.25, 0.3) is 0 Å². The molecule has 2 N–H and O–H groups in total. The van der Waals surface area contributed by atoms with E-state index >= 15 is 0 Å². The quantitative estimate of drug-likeness (QED) is 0.752. The van der Waals surface area contributed by atoms with Crippen LogP contribution >= 0.6 is 0 Å². The summed E-state index contributed by atoms with van der Waals surface area (Å²) in [6, 6.07) is 11.1. The number of hydrogen-bond donors (Lipinski definition) is 1. The summed E-state index contributed by atoms with van der Waals surface area (Å²) >= 11 is 0. The fraction of sp³-hybridized carbons (Fsp3) is 0. The highest BCUT2D eigenvalue weighted by molar-refractivity contribution is 5.91. The Morgan fingerprint density at radius 2 is 1.87 bits per heavy atom. The number of nitrogens with zero attached hydrogens (tertiary/aromatic N) is 1. The lowest BCUT2D eigenvalue weighted by molar-refractivity contribution is 0.112. The fourth-order valence-corrected chi connectivity index (χ4v) is 1.44. The smallest absolute Gasteiger partial charge is 0.154 e. The summed E-state index contributed by atoms with van der Waals surface area (Å²) in [5.41, 5.74) is 8.13. The molecule has 0 saturated carbocycles. The summed E-state index contributed by atoms with van der Waals surface area (Å²) in [7, 11) is 0. The summed E-state index contributed by atoms with van der Waals surface area (Å²) in [6.07, 6.45) is 2.34. The topological polar surface area (TPSA) is 56.0 Å². The minimum atomic E-state index is 0.448. The average Bonchev–Trinajstić information content (AvgIpc) is 2.30. The first-order chi connectivity index (χ1) is 7.33. The van der Waals surface area contributed by atoms with Crippen LogP contribution in [0.5, 0.6) is 0 Å². The molecule has 0 saturated heterocycles. The lowest BCUT2D eigenvalue weighted by atomic mass is 10.1. The van der Waals surface area contributed by atoms with Crippen LogP contribution in [-0.2, 0) is 0 Å². The molecule has 0 aliphatic heterocycles. The normalized spacial score (nSPS) is 9.87. The van der Waals surface area contributed by atoms with Gasteiger partial charge < -0.3 is 5.73 Å². The Morgan fingerprint density at radius 1 is 1.13 bits per heavy atom. The summed E-state index contributed by atoms with van der Waals surface area (Å²) in [5, 5.41) is 0. The van der Waals surface area contributed by atoms with Crippen molar-refractivity contribution in [2.45, 2.75) is 0 Å². The Hall–Kier alpha value is -2.16. The van der Waals surface area contributed by atoms with E-state index in [1.54, 1.807) is 12.3 Å². The minimum absolute atomic E-state index is 0.448. The van der Waals surface area contributed by atoms with Crippen molar-refractivity contribution in [2.24, 2.45) is 0 Å². The Balaban J connectivity index is 2.63. The van der Waals surface area contributed by atoms with E-state index in [2.05, 4.69) is 4.98 Å². The van der Waals surface area contributed by atoms with Gasteiger partial charge in [0.05, 0.1) is 11.3 Å². The molecule has 15 heavy (non-hydrogen) atoms. The number of benzene rings is 1. The van der Waals surface area contributed by atoms with Gasteiger partial charge in [0.1, 0.15) is 0 Å². The third-order valence-corrected chi connectivity index (χ3v) is 2.19. The van der Waals surface area contributed by atoms with Crippen molar-refractivity contribution in [1.82, 2.24) is 4.98 Å². The van der Waals surface area contributed by atoms with Crippen LogP contribution < -0.4 is 5.73 Å². The predicted octanol–water partition coefficient (Wildman–Crippen LogP) is 2.14. The molecule has 0 aliphatic rings. The zero-order chi connectivity index (χ0) is 10.7. The first-order valence-corrected chi connectivity index (χ1v) is 4.58. The van der Waals surface area contributed by atoms with Crippen molar-refractivity contribution < 1.29 is 4.79 Å². The Morgan fingerprint density at radius 3 is 2.53 bits per heavy atom. The van der Waals surface area contributed by atoms with Gasteiger partial charge in [-0.25, -0.2) is 0 Å². The number of aromatic nitrogens is 1. The Kier molecular flexibility index (Phi) is 2.46. The highest BCUT2D eigenvalue weighted by Crippen LogP contribution is 2.23. The van der Waals surface area contributed by atoms with E-state index in [0.29, 0.717) is 16.9 Å². The first kappa shape index (κ1) is 9.40. The number of aldehydes is 1. The SMILES string of the molecule is Nc1ccnc(-c2ccccc2)c1C=O. The van der Waals surface area contributed by atoms with E-state index in [4.69, 9.17) is 5.73 Å². The largest absolute Gasteiger partial charge is 0.398 e. The van der Waals surface area contributed by atoms with Gasteiger partial charge in [0.2, 0.25) is 0 Å². The van der Waals surface area contributed by atoms with Crippen molar-refractivity contribution in [3.63, 3.8) is 0 Å². The zero-order valence-corrected chi connectivity index (χ0v) is 8.05. The molecule has 0 unspecified atom stereocenters. The molecule has 0 spiro atoms. The summed E-state index contributed by atoms with van der Waals surface area (Å²) < 4.78 is 0. The van der Waals surface area contributed by atoms with E-state index < -0.39 is 0 Å². The summed E-state index contributed by atoms with van der Waals surface area (Å²) in [5.74, 6) is 0. The number of nitrogens with two attached hydrogens (primary N) is 1. The molecule has 1 aromatic carbocycles. The molecule has 1 heterocycles. The maximum absolute atomic E-state index is 10.9. The number of carbonyl (C=O) groups excluding carboxylic acids is 1. The molecule has 2 rings (SSSR count). The van der Waals surface area contributed by atoms with Crippen LogP contribution in [0.3, 0.4) is 0 Å². The van der Waals surface area contributed by atoms with Gasteiger partial charge in [0, 0.05) is 17.4 Å². The molecule has 0 bridgehead atoms. The monoisotopic (exact) mass is 198 g/mol. The third-order valence-electron chi connectivity index (χ3n) is 2.19. The van der Waals surface area contributed by atoms with E-state index in [9.17, 15) is 4.79 Å². The second-order valence-electron chi connectivity index (χ2n) is 3.15. The molecule has 3 heteroatoms. The van der Waals surface area contributed by atoms with E-state index in [0.717, 1.165) is 11.8 Å². The van der Waals surface area contributed by atoms with Crippen molar-refractivity contribution in [3.05, 3.63) is 48.2 Å².